The summed E-state index contributed by atoms with van der Waals surface area (Å²) in [4.78, 5) is 32.0. The summed E-state index contributed by atoms with van der Waals surface area (Å²) in [7, 11) is 0. The lowest BCUT2D eigenvalue weighted by Crippen LogP contribution is -2.36. The van der Waals surface area contributed by atoms with Gasteiger partial charge < -0.3 is 14.2 Å². The number of rotatable bonds is 5. The van der Waals surface area contributed by atoms with Crippen LogP contribution in [0.4, 0.5) is 8.78 Å². The van der Waals surface area contributed by atoms with Gasteiger partial charge in [0, 0.05) is 50.5 Å². The minimum atomic E-state index is -0.695. The fourth-order valence-electron chi connectivity index (χ4n) is 3.73. The summed E-state index contributed by atoms with van der Waals surface area (Å²) in [6, 6.07) is 3.13. The van der Waals surface area contributed by atoms with Gasteiger partial charge in [-0.2, -0.15) is 0 Å². The van der Waals surface area contributed by atoms with Crippen molar-refractivity contribution in [2.45, 2.75) is 38.6 Å². The smallest absolute Gasteiger partial charge is 0.226 e. The van der Waals surface area contributed by atoms with Gasteiger partial charge in [-0.15, -0.1) is 0 Å². The molecular formula is C20H21F2N3O3. The maximum Gasteiger partial charge on any atom is 0.226 e. The van der Waals surface area contributed by atoms with Gasteiger partial charge in [0.25, 0.3) is 0 Å². The molecule has 28 heavy (non-hydrogen) atoms. The number of carbonyl (C=O) groups is 2. The monoisotopic (exact) mass is 389 g/mol. The zero-order valence-corrected chi connectivity index (χ0v) is 15.4. The molecule has 0 bridgehead atoms. The molecule has 2 aliphatic heterocycles. The quantitative estimate of drug-likeness (QED) is 0.789. The number of hydrogen-bond acceptors (Lipinski definition) is 4. The largest absolute Gasteiger partial charge is 0.441 e. The predicted molar refractivity (Wildman–Crippen MR) is 96.0 cm³/mol. The van der Waals surface area contributed by atoms with Gasteiger partial charge in [-0.1, -0.05) is 0 Å². The number of halogens is 2. The van der Waals surface area contributed by atoms with E-state index in [1.165, 1.54) is 12.1 Å². The average molecular weight is 389 g/mol. The van der Waals surface area contributed by atoms with Gasteiger partial charge in [0.15, 0.2) is 0 Å². The van der Waals surface area contributed by atoms with Crippen molar-refractivity contribution >= 4 is 11.8 Å². The lowest BCUT2D eigenvalue weighted by atomic mass is 10.1. The molecule has 1 fully saturated rings. The number of likely N-dealkylation sites (tertiary alicyclic amines) is 1. The van der Waals surface area contributed by atoms with E-state index in [2.05, 4.69) is 4.98 Å². The van der Waals surface area contributed by atoms with Crippen molar-refractivity contribution in [2.24, 2.45) is 0 Å². The third-order valence-electron chi connectivity index (χ3n) is 5.18. The molecule has 6 nitrogen and oxygen atoms in total. The van der Waals surface area contributed by atoms with Crippen LogP contribution in [-0.2, 0) is 22.6 Å². The molecule has 8 heteroatoms. The molecule has 0 radical (unpaired) electrons. The van der Waals surface area contributed by atoms with E-state index in [-0.39, 0.29) is 23.3 Å². The molecule has 0 saturated carbocycles. The van der Waals surface area contributed by atoms with Crippen molar-refractivity contribution in [3.63, 3.8) is 0 Å². The van der Waals surface area contributed by atoms with Crippen LogP contribution in [0.2, 0.25) is 0 Å². The standard InChI is InChI=1S/C20H21F2N3O3/c21-14-9-13(10-15(22)11-14)20-23-16-12-25(8-5-17(16)28-20)19(27)4-2-7-24-6-1-3-18(24)26/h9-11H,1-8,12H2. The van der Waals surface area contributed by atoms with Crippen LogP contribution in [0.5, 0.6) is 0 Å². The first-order valence-corrected chi connectivity index (χ1v) is 9.50. The highest BCUT2D eigenvalue weighted by Gasteiger charge is 2.26. The van der Waals surface area contributed by atoms with Gasteiger partial charge in [0.2, 0.25) is 17.7 Å². The van der Waals surface area contributed by atoms with Crippen molar-refractivity contribution in [3.8, 4) is 11.5 Å². The second kappa shape index (κ2) is 7.69. The van der Waals surface area contributed by atoms with E-state index in [1.54, 1.807) is 4.90 Å². The van der Waals surface area contributed by atoms with Gasteiger partial charge in [-0.3, -0.25) is 9.59 Å². The van der Waals surface area contributed by atoms with Crippen LogP contribution in [0.3, 0.4) is 0 Å². The SMILES string of the molecule is O=C1CCCN1CCCC(=O)N1CCc2oc(-c3cc(F)cc(F)c3)nc2C1. The van der Waals surface area contributed by atoms with E-state index in [1.807, 2.05) is 4.90 Å². The molecule has 2 amide bonds. The Morgan fingerprint density at radius 3 is 2.64 bits per heavy atom. The van der Waals surface area contributed by atoms with Crippen LogP contribution in [0.15, 0.2) is 22.6 Å². The summed E-state index contributed by atoms with van der Waals surface area (Å²) >= 11 is 0. The Labute approximate surface area is 161 Å². The topological polar surface area (TPSA) is 66.7 Å². The third-order valence-corrected chi connectivity index (χ3v) is 5.18. The van der Waals surface area contributed by atoms with E-state index < -0.39 is 11.6 Å². The Hall–Kier alpha value is -2.77. The second-order valence-electron chi connectivity index (χ2n) is 7.20. The average Bonchev–Trinajstić information content (AvgIpc) is 3.26. The van der Waals surface area contributed by atoms with E-state index in [0.29, 0.717) is 56.8 Å². The first-order chi connectivity index (χ1) is 13.5. The molecule has 2 aliphatic rings. The van der Waals surface area contributed by atoms with Crippen LogP contribution >= 0.6 is 0 Å². The Morgan fingerprint density at radius 1 is 1.14 bits per heavy atom. The summed E-state index contributed by atoms with van der Waals surface area (Å²) in [6.07, 6.45) is 3.02. The number of carbonyl (C=O) groups excluding carboxylic acids is 2. The number of nitrogens with zero attached hydrogens (tertiary/aromatic N) is 3. The predicted octanol–water partition coefficient (Wildman–Crippen LogP) is 2.91. The molecule has 4 rings (SSSR count). The zero-order chi connectivity index (χ0) is 19.7. The number of fused-ring (bicyclic) bond motifs is 1. The van der Waals surface area contributed by atoms with Crippen LogP contribution < -0.4 is 0 Å². The van der Waals surface area contributed by atoms with Crippen molar-refractivity contribution in [3.05, 3.63) is 41.3 Å². The number of amides is 2. The summed E-state index contributed by atoms with van der Waals surface area (Å²) < 4.78 is 32.5. The van der Waals surface area contributed by atoms with E-state index in [4.69, 9.17) is 4.42 Å². The maximum absolute atomic E-state index is 13.4. The summed E-state index contributed by atoms with van der Waals surface area (Å²) in [5.41, 5.74) is 0.856. The van der Waals surface area contributed by atoms with Gasteiger partial charge in [-0.25, -0.2) is 13.8 Å². The van der Waals surface area contributed by atoms with Crippen LogP contribution in [-0.4, -0.2) is 46.2 Å². The minimum absolute atomic E-state index is 0.0126. The summed E-state index contributed by atoms with van der Waals surface area (Å²) in [5, 5.41) is 0. The van der Waals surface area contributed by atoms with Gasteiger partial charge >= 0.3 is 0 Å². The fourth-order valence-corrected chi connectivity index (χ4v) is 3.73. The molecule has 0 N–H and O–H groups in total. The summed E-state index contributed by atoms with van der Waals surface area (Å²) in [5.74, 6) is -0.409. The molecule has 1 aromatic heterocycles. The zero-order valence-electron chi connectivity index (χ0n) is 15.4. The van der Waals surface area contributed by atoms with Gasteiger partial charge in [0.05, 0.1) is 6.54 Å². The highest BCUT2D eigenvalue weighted by Crippen LogP contribution is 2.27. The fraction of sp³-hybridized carbons (Fsp3) is 0.450. The molecule has 0 unspecified atom stereocenters. The molecule has 0 atom stereocenters. The normalized spacial score (nSPS) is 16.6. The number of benzene rings is 1. The first kappa shape index (κ1) is 18.6. The van der Waals surface area contributed by atoms with Crippen LogP contribution in [0.1, 0.15) is 37.1 Å². The Balaban J connectivity index is 1.37. The lowest BCUT2D eigenvalue weighted by Gasteiger charge is -2.25. The number of oxazole rings is 1. The summed E-state index contributed by atoms with van der Waals surface area (Å²) in [6.45, 7) is 2.23. The molecule has 0 spiro atoms. The molecular weight excluding hydrogens is 368 g/mol. The first-order valence-electron chi connectivity index (χ1n) is 9.50. The Morgan fingerprint density at radius 2 is 1.93 bits per heavy atom. The van der Waals surface area contributed by atoms with Crippen molar-refractivity contribution in [1.29, 1.82) is 0 Å². The van der Waals surface area contributed by atoms with Crippen molar-refractivity contribution < 1.29 is 22.8 Å². The highest BCUT2D eigenvalue weighted by molar-refractivity contribution is 5.78. The van der Waals surface area contributed by atoms with Gasteiger partial charge in [-0.05, 0) is 25.0 Å². The molecule has 148 valence electrons. The maximum atomic E-state index is 13.4. The minimum Gasteiger partial charge on any atom is -0.441 e. The molecule has 2 aromatic rings. The van der Waals surface area contributed by atoms with E-state index in [9.17, 15) is 18.4 Å². The van der Waals surface area contributed by atoms with Crippen molar-refractivity contribution in [2.75, 3.05) is 19.6 Å². The van der Waals surface area contributed by atoms with Crippen molar-refractivity contribution in [1.82, 2.24) is 14.8 Å². The molecule has 0 aliphatic carbocycles. The number of hydrogen-bond donors (Lipinski definition) is 0. The number of aromatic nitrogens is 1. The molecule has 1 saturated heterocycles. The third kappa shape index (κ3) is 3.90. The van der Waals surface area contributed by atoms with Crippen LogP contribution in [0.25, 0.3) is 11.5 Å². The van der Waals surface area contributed by atoms with Gasteiger partial charge in [0.1, 0.15) is 23.1 Å². The second-order valence-corrected chi connectivity index (χ2v) is 7.20. The Kier molecular flexibility index (Phi) is 5.11. The molecule has 1 aromatic carbocycles. The highest BCUT2D eigenvalue weighted by atomic mass is 19.1. The van der Waals surface area contributed by atoms with Crippen LogP contribution in [0, 0.1) is 11.6 Å². The van der Waals surface area contributed by atoms with E-state index in [0.717, 1.165) is 19.0 Å². The van der Waals surface area contributed by atoms with E-state index >= 15 is 0 Å². The lowest BCUT2D eigenvalue weighted by molar-refractivity contribution is -0.133. The molecule has 3 heterocycles. The Bertz CT molecular complexity index is 892.